The second-order valence-corrected chi connectivity index (χ2v) is 16.4. The predicted octanol–water partition coefficient (Wildman–Crippen LogP) is 10.7. The van der Waals surface area contributed by atoms with Gasteiger partial charge in [-0.25, -0.2) is 0 Å². The zero-order valence-corrected chi connectivity index (χ0v) is 34.9. The molecule has 0 N–H and O–H groups in total. The van der Waals surface area contributed by atoms with Crippen LogP contribution in [0.3, 0.4) is 0 Å². The fourth-order valence-electron chi connectivity index (χ4n) is 5.32. The van der Waals surface area contributed by atoms with E-state index in [1.165, 1.54) is 64.2 Å². The summed E-state index contributed by atoms with van der Waals surface area (Å²) in [5, 5.41) is 0. The monoisotopic (exact) mass is 756 g/mol. The van der Waals surface area contributed by atoms with Crippen LogP contribution in [0, 0.1) is 0 Å². The van der Waals surface area contributed by atoms with Gasteiger partial charge in [-0.05, 0) is 70.6 Å². The van der Waals surface area contributed by atoms with Gasteiger partial charge in [0.2, 0.25) is 0 Å². The lowest BCUT2D eigenvalue weighted by Crippen LogP contribution is -2.37. The number of rotatable bonds is 37. The normalized spacial score (nSPS) is 14.0. The van der Waals surface area contributed by atoms with E-state index in [0.717, 1.165) is 64.2 Å². The Labute approximate surface area is 319 Å². The molecule has 0 amide bonds. The Balaban J connectivity index is 4.45. The van der Waals surface area contributed by atoms with Crippen molar-refractivity contribution >= 4 is 19.8 Å². The molecule has 52 heavy (non-hydrogen) atoms. The van der Waals surface area contributed by atoms with Crippen LogP contribution in [0.5, 0.6) is 0 Å². The van der Waals surface area contributed by atoms with Crippen molar-refractivity contribution in [3.05, 3.63) is 36.5 Å². The fraction of sp³-hybridized carbons (Fsp3) is 0.810. The molecule has 0 aromatic rings. The van der Waals surface area contributed by atoms with Crippen LogP contribution >= 0.6 is 7.82 Å². The Morgan fingerprint density at radius 3 is 1.60 bits per heavy atom. The number of phosphoric acid groups is 1. The number of phosphoric ester groups is 1. The van der Waals surface area contributed by atoms with E-state index >= 15 is 0 Å². The molecule has 1 unspecified atom stereocenters. The number of esters is 2. The van der Waals surface area contributed by atoms with Crippen molar-refractivity contribution in [1.82, 2.24) is 0 Å². The Bertz CT molecular complexity index is 991. The van der Waals surface area contributed by atoms with Crippen LogP contribution in [0.25, 0.3) is 0 Å². The SMILES string of the molecule is CCCCC/C=C/C/C=C/CCCCCCCC(=O)O[C@H](COC(=O)CCCCC/C=C/CCCCCCCC)COP(=O)([O-])OCC[N+](C)(C)C. The highest BCUT2D eigenvalue weighted by molar-refractivity contribution is 7.45. The number of nitrogens with zero attached hydrogens (tertiary/aromatic N) is 1. The second kappa shape index (κ2) is 35.0. The molecule has 0 spiro atoms. The first kappa shape index (κ1) is 50.2. The number of allylic oxidation sites excluding steroid dienone is 6. The molecular formula is C42H78NO8P. The number of likely N-dealkylation sites (N-methyl/N-ethyl adjacent to an activating group) is 1. The summed E-state index contributed by atoms with van der Waals surface area (Å²) in [6, 6.07) is 0. The first-order chi connectivity index (χ1) is 25.0. The van der Waals surface area contributed by atoms with Gasteiger partial charge in [0.1, 0.15) is 19.8 Å². The van der Waals surface area contributed by atoms with Crippen molar-refractivity contribution in [3.8, 4) is 0 Å². The number of carbonyl (C=O) groups is 2. The Hall–Kier alpha value is -1.77. The lowest BCUT2D eigenvalue weighted by Gasteiger charge is -2.28. The summed E-state index contributed by atoms with van der Waals surface area (Å²) in [7, 11) is 1.14. The number of hydrogen-bond acceptors (Lipinski definition) is 8. The van der Waals surface area contributed by atoms with Crippen molar-refractivity contribution in [2.75, 3.05) is 47.5 Å². The third kappa shape index (κ3) is 38.0. The average Bonchev–Trinajstić information content (AvgIpc) is 3.09. The number of ether oxygens (including phenoxy) is 2. The molecular weight excluding hydrogens is 677 g/mol. The molecule has 0 saturated heterocycles. The topological polar surface area (TPSA) is 111 Å². The Morgan fingerprint density at radius 1 is 0.596 bits per heavy atom. The molecule has 10 heteroatoms. The van der Waals surface area contributed by atoms with E-state index in [1.54, 1.807) is 0 Å². The second-order valence-electron chi connectivity index (χ2n) is 15.0. The van der Waals surface area contributed by atoms with Crippen LogP contribution in [-0.2, 0) is 32.7 Å². The van der Waals surface area contributed by atoms with E-state index in [9.17, 15) is 19.0 Å². The van der Waals surface area contributed by atoms with Crippen molar-refractivity contribution in [2.45, 2.75) is 174 Å². The summed E-state index contributed by atoms with van der Waals surface area (Å²) in [5.74, 6) is -0.871. The maximum absolute atomic E-state index is 12.6. The van der Waals surface area contributed by atoms with Crippen molar-refractivity contribution in [2.24, 2.45) is 0 Å². The van der Waals surface area contributed by atoms with Gasteiger partial charge in [-0.3, -0.25) is 14.2 Å². The van der Waals surface area contributed by atoms with Crippen LogP contribution < -0.4 is 4.89 Å². The molecule has 0 aliphatic heterocycles. The third-order valence-electron chi connectivity index (χ3n) is 8.63. The summed E-state index contributed by atoms with van der Waals surface area (Å²) >= 11 is 0. The predicted molar refractivity (Wildman–Crippen MR) is 213 cm³/mol. The number of carbonyl (C=O) groups excluding carboxylic acids is 2. The summed E-state index contributed by atoms with van der Waals surface area (Å²) < 4.78 is 33.8. The van der Waals surface area contributed by atoms with E-state index in [1.807, 2.05) is 21.1 Å². The van der Waals surface area contributed by atoms with Crippen LogP contribution in [0.2, 0.25) is 0 Å². The fourth-order valence-corrected chi connectivity index (χ4v) is 6.05. The average molecular weight is 756 g/mol. The molecule has 0 heterocycles. The van der Waals surface area contributed by atoms with E-state index in [2.05, 4.69) is 50.3 Å². The molecule has 0 aromatic heterocycles. The molecule has 0 aromatic carbocycles. The van der Waals surface area contributed by atoms with E-state index in [4.69, 9.17) is 18.5 Å². The number of hydrogen-bond donors (Lipinski definition) is 0. The van der Waals surface area contributed by atoms with Crippen LogP contribution in [0.4, 0.5) is 0 Å². The highest BCUT2D eigenvalue weighted by atomic mass is 31.2. The van der Waals surface area contributed by atoms with Gasteiger partial charge in [-0.2, -0.15) is 0 Å². The Morgan fingerprint density at radius 2 is 1.04 bits per heavy atom. The zero-order chi connectivity index (χ0) is 38.6. The van der Waals surface area contributed by atoms with E-state index in [-0.39, 0.29) is 26.1 Å². The van der Waals surface area contributed by atoms with Crippen molar-refractivity contribution < 1.29 is 42.1 Å². The smallest absolute Gasteiger partial charge is 0.306 e. The molecule has 2 atom stereocenters. The highest BCUT2D eigenvalue weighted by Gasteiger charge is 2.21. The van der Waals surface area contributed by atoms with Crippen LogP contribution in [-0.4, -0.2) is 70.0 Å². The molecule has 0 rings (SSSR count). The first-order valence-corrected chi connectivity index (χ1v) is 22.2. The number of unbranched alkanes of at least 4 members (excludes halogenated alkanes) is 17. The van der Waals surface area contributed by atoms with Crippen molar-refractivity contribution in [3.63, 3.8) is 0 Å². The summed E-state index contributed by atoms with van der Waals surface area (Å²) in [6.07, 6.45) is 37.4. The Kier molecular flexibility index (Phi) is 33.8. The van der Waals surface area contributed by atoms with Gasteiger partial charge in [0.05, 0.1) is 27.7 Å². The summed E-state index contributed by atoms with van der Waals surface area (Å²) in [6.45, 7) is 4.14. The van der Waals surface area contributed by atoms with Gasteiger partial charge in [0.25, 0.3) is 7.82 Å². The largest absolute Gasteiger partial charge is 0.756 e. The third-order valence-corrected chi connectivity index (χ3v) is 9.60. The van der Waals surface area contributed by atoms with Gasteiger partial charge < -0.3 is 27.9 Å². The molecule has 9 nitrogen and oxygen atoms in total. The molecule has 0 fully saturated rings. The van der Waals surface area contributed by atoms with Gasteiger partial charge >= 0.3 is 11.9 Å². The molecule has 0 aliphatic carbocycles. The summed E-state index contributed by atoms with van der Waals surface area (Å²) in [4.78, 5) is 37.4. The maximum atomic E-state index is 12.6. The quantitative estimate of drug-likeness (QED) is 0.0203. The molecule has 0 saturated carbocycles. The van der Waals surface area contributed by atoms with Gasteiger partial charge in [-0.1, -0.05) is 121 Å². The standard InChI is InChI=1S/C42H78NO8P/c1-6-8-10-12-14-16-18-20-21-23-25-27-29-31-33-35-42(45)51-40(39-50-52(46,47)49-37-36-43(3,4)5)38-48-41(44)34-32-30-28-26-24-22-19-17-15-13-11-9-7-2/h14,16,20-22,24,40H,6-13,15,17-19,23,25-39H2,1-5H3/b16-14+,21-20+,24-22+/t40-/m1/s1. The minimum Gasteiger partial charge on any atom is -0.756 e. The molecule has 0 aliphatic rings. The van der Waals surface area contributed by atoms with Gasteiger partial charge in [-0.15, -0.1) is 0 Å². The van der Waals surface area contributed by atoms with Crippen LogP contribution in [0.15, 0.2) is 36.5 Å². The zero-order valence-electron chi connectivity index (χ0n) is 34.0. The van der Waals surface area contributed by atoms with E-state index < -0.39 is 32.5 Å². The van der Waals surface area contributed by atoms with Gasteiger partial charge in [0.15, 0.2) is 6.10 Å². The molecule has 0 radical (unpaired) electrons. The molecule has 0 bridgehead atoms. The highest BCUT2D eigenvalue weighted by Crippen LogP contribution is 2.38. The minimum absolute atomic E-state index is 0.0363. The van der Waals surface area contributed by atoms with Gasteiger partial charge in [0, 0.05) is 12.8 Å². The minimum atomic E-state index is -4.63. The maximum Gasteiger partial charge on any atom is 0.306 e. The lowest BCUT2D eigenvalue weighted by atomic mass is 10.1. The number of quaternary nitrogens is 1. The van der Waals surface area contributed by atoms with Crippen molar-refractivity contribution in [1.29, 1.82) is 0 Å². The summed E-state index contributed by atoms with van der Waals surface area (Å²) in [5.41, 5.74) is 0. The van der Waals surface area contributed by atoms with E-state index in [0.29, 0.717) is 23.9 Å². The lowest BCUT2D eigenvalue weighted by molar-refractivity contribution is -0.870. The van der Waals surface area contributed by atoms with Crippen LogP contribution in [0.1, 0.15) is 168 Å². The molecule has 304 valence electrons. The first-order valence-electron chi connectivity index (χ1n) is 20.7.